The molecule has 0 fully saturated rings. The van der Waals surface area contributed by atoms with Gasteiger partial charge in [-0.2, -0.15) is 0 Å². The maximum atomic E-state index is 11.6. The van der Waals surface area contributed by atoms with E-state index in [4.69, 9.17) is 0 Å². The lowest BCUT2D eigenvalue weighted by atomic mass is 10.2. The topological polar surface area (TPSA) is 20.3 Å². The van der Waals surface area contributed by atoms with Crippen LogP contribution in [0.2, 0.25) is 0 Å². The van der Waals surface area contributed by atoms with Gasteiger partial charge < -0.3 is 4.90 Å². The zero-order valence-corrected chi connectivity index (χ0v) is 9.45. The Hall–Kier alpha value is -1.31. The van der Waals surface area contributed by atoms with Crippen LogP contribution in [0.15, 0.2) is 36.6 Å². The SMILES string of the molecule is C=CC(=O)N(C(/C=C\C)=C/C)C(C)C. The molecular formula is C12H19NO. The summed E-state index contributed by atoms with van der Waals surface area (Å²) in [7, 11) is 0. The van der Waals surface area contributed by atoms with Gasteiger partial charge in [0.25, 0.3) is 5.91 Å². The van der Waals surface area contributed by atoms with Crippen LogP contribution in [0.25, 0.3) is 0 Å². The smallest absolute Gasteiger partial charge is 0.250 e. The molecule has 0 spiro atoms. The van der Waals surface area contributed by atoms with Crippen molar-refractivity contribution in [1.82, 2.24) is 4.90 Å². The van der Waals surface area contributed by atoms with Crippen molar-refractivity contribution in [3.05, 3.63) is 36.6 Å². The Morgan fingerprint density at radius 2 is 1.93 bits per heavy atom. The van der Waals surface area contributed by atoms with Crippen LogP contribution in [0.3, 0.4) is 0 Å². The van der Waals surface area contributed by atoms with Crippen molar-refractivity contribution in [2.45, 2.75) is 33.7 Å². The summed E-state index contributed by atoms with van der Waals surface area (Å²) in [4.78, 5) is 13.3. The molecule has 0 aliphatic carbocycles. The predicted octanol–water partition coefficient (Wildman–Crippen LogP) is 2.89. The summed E-state index contributed by atoms with van der Waals surface area (Å²) in [5, 5.41) is 0. The summed E-state index contributed by atoms with van der Waals surface area (Å²) < 4.78 is 0. The fraction of sp³-hybridized carbons (Fsp3) is 0.417. The molecule has 0 aliphatic heterocycles. The molecule has 0 radical (unpaired) electrons. The first-order valence-electron chi connectivity index (χ1n) is 4.83. The zero-order chi connectivity index (χ0) is 11.1. The van der Waals surface area contributed by atoms with Gasteiger partial charge in [0, 0.05) is 11.7 Å². The molecule has 1 amide bonds. The van der Waals surface area contributed by atoms with Crippen LogP contribution in [0, 0.1) is 0 Å². The van der Waals surface area contributed by atoms with Gasteiger partial charge >= 0.3 is 0 Å². The third kappa shape index (κ3) is 3.21. The van der Waals surface area contributed by atoms with Crippen LogP contribution in [0.4, 0.5) is 0 Å². The van der Waals surface area contributed by atoms with E-state index in [1.54, 1.807) is 4.90 Å². The number of hydrogen-bond donors (Lipinski definition) is 0. The highest BCUT2D eigenvalue weighted by Gasteiger charge is 2.15. The lowest BCUT2D eigenvalue weighted by Gasteiger charge is -2.26. The number of carbonyl (C=O) groups excluding carboxylic acids is 1. The standard InChI is InChI=1S/C12H19NO/c1-6-9-11(7-2)13(10(4)5)12(14)8-3/h6-10H,3H2,1-2,4-5H3/b9-6-,11-7+. The quantitative estimate of drug-likeness (QED) is 0.496. The molecule has 0 N–H and O–H groups in total. The Labute approximate surface area is 86.6 Å². The largest absolute Gasteiger partial charge is 0.307 e. The van der Waals surface area contributed by atoms with E-state index >= 15 is 0 Å². The number of allylic oxidation sites excluding steroid dienone is 3. The van der Waals surface area contributed by atoms with Gasteiger partial charge in [-0.15, -0.1) is 0 Å². The minimum atomic E-state index is -0.0637. The van der Waals surface area contributed by atoms with Crippen molar-refractivity contribution in [3.8, 4) is 0 Å². The van der Waals surface area contributed by atoms with Crippen molar-refractivity contribution in [2.24, 2.45) is 0 Å². The highest BCUT2D eigenvalue weighted by molar-refractivity contribution is 5.89. The van der Waals surface area contributed by atoms with Crippen LogP contribution in [-0.4, -0.2) is 16.8 Å². The highest BCUT2D eigenvalue weighted by atomic mass is 16.2. The lowest BCUT2D eigenvalue weighted by Crippen LogP contribution is -2.34. The molecule has 2 nitrogen and oxygen atoms in total. The minimum Gasteiger partial charge on any atom is -0.307 e. The zero-order valence-electron chi connectivity index (χ0n) is 9.45. The first-order valence-corrected chi connectivity index (χ1v) is 4.83. The Bertz CT molecular complexity index is 261. The number of amides is 1. The Balaban J connectivity index is 4.98. The van der Waals surface area contributed by atoms with Crippen molar-refractivity contribution in [2.75, 3.05) is 0 Å². The summed E-state index contributed by atoms with van der Waals surface area (Å²) in [6.07, 6.45) is 7.09. The second kappa shape index (κ2) is 6.19. The fourth-order valence-electron chi connectivity index (χ4n) is 1.26. The van der Waals surface area contributed by atoms with Crippen molar-refractivity contribution in [3.63, 3.8) is 0 Å². The average molecular weight is 193 g/mol. The van der Waals surface area contributed by atoms with E-state index in [9.17, 15) is 4.79 Å². The summed E-state index contributed by atoms with van der Waals surface area (Å²) in [5.41, 5.74) is 0.910. The van der Waals surface area contributed by atoms with Crippen molar-refractivity contribution < 1.29 is 4.79 Å². The first kappa shape index (κ1) is 12.7. The Kier molecular flexibility index (Phi) is 5.61. The maximum Gasteiger partial charge on any atom is 0.250 e. The summed E-state index contributed by atoms with van der Waals surface area (Å²) in [5.74, 6) is -0.0637. The molecule has 0 atom stereocenters. The normalized spacial score (nSPS) is 12.2. The minimum absolute atomic E-state index is 0.0637. The van der Waals surface area contributed by atoms with Gasteiger partial charge in [0.15, 0.2) is 0 Å². The maximum absolute atomic E-state index is 11.6. The number of rotatable bonds is 4. The molecule has 0 saturated carbocycles. The van der Waals surface area contributed by atoms with E-state index in [0.29, 0.717) is 0 Å². The molecule has 0 bridgehead atoms. The number of carbonyl (C=O) groups is 1. The Morgan fingerprint density at radius 1 is 1.36 bits per heavy atom. The molecular weight excluding hydrogens is 174 g/mol. The summed E-state index contributed by atoms with van der Waals surface area (Å²) in [6.45, 7) is 11.3. The second-order valence-electron chi connectivity index (χ2n) is 3.22. The van der Waals surface area contributed by atoms with Gasteiger partial charge in [-0.1, -0.05) is 18.7 Å². The van der Waals surface area contributed by atoms with Crippen molar-refractivity contribution >= 4 is 5.91 Å². The van der Waals surface area contributed by atoms with Crippen LogP contribution < -0.4 is 0 Å². The third-order valence-electron chi connectivity index (χ3n) is 1.84. The van der Waals surface area contributed by atoms with E-state index in [1.165, 1.54) is 6.08 Å². The van der Waals surface area contributed by atoms with E-state index in [0.717, 1.165) is 5.70 Å². The molecule has 78 valence electrons. The predicted molar refractivity (Wildman–Crippen MR) is 60.8 cm³/mol. The van der Waals surface area contributed by atoms with Crippen LogP contribution in [-0.2, 0) is 4.79 Å². The van der Waals surface area contributed by atoms with E-state index in [1.807, 2.05) is 45.9 Å². The van der Waals surface area contributed by atoms with Gasteiger partial charge in [-0.3, -0.25) is 4.79 Å². The lowest BCUT2D eigenvalue weighted by molar-refractivity contribution is -0.125. The van der Waals surface area contributed by atoms with E-state index in [-0.39, 0.29) is 11.9 Å². The van der Waals surface area contributed by atoms with Gasteiger partial charge in [0.2, 0.25) is 0 Å². The van der Waals surface area contributed by atoms with Crippen molar-refractivity contribution in [1.29, 1.82) is 0 Å². The molecule has 0 heterocycles. The van der Waals surface area contributed by atoms with Gasteiger partial charge in [0.05, 0.1) is 0 Å². The van der Waals surface area contributed by atoms with Crippen LogP contribution >= 0.6 is 0 Å². The summed E-state index contributed by atoms with van der Waals surface area (Å²) in [6, 6.07) is 0.142. The van der Waals surface area contributed by atoms with Gasteiger partial charge in [0.1, 0.15) is 0 Å². The molecule has 0 unspecified atom stereocenters. The fourth-order valence-corrected chi connectivity index (χ4v) is 1.26. The second-order valence-corrected chi connectivity index (χ2v) is 3.22. The molecule has 0 aromatic rings. The van der Waals surface area contributed by atoms with E-state index < -0.39 is 0 Å². The Morgan fingerprint density at radius 3 is 2.21 bits per heavy atom. The molecule has 0 aromatic carbocycles. The van der Waals surface area contributed by atoms with E-state index in [2.05, 4.69) is 6.58 Å². The van der Waals surface area contributed by atoms with Crippen LogP contribution in [0.5, 0.6) is 0 Å². The molecule has 14 heavy (non-hydrogen) atoms. The molecule has 0 saturated heterocycles. The summed E-state index contributed by atoms with van der Waals surface area (Å²) >= 11 is 0. The number of nitrogens with zero attached hydrogens (tertiary/aromatic N) is 1. The highest BCUT2D eigenvalue weighted by Crippen LogP contribution is 2.11. The molecule has 0 aromatic heterocycles. The van der Waals surface area contributed by atoms with Gasteiger partial charge in [-0.25, -0.2) is 0 Å². The molecule has 0 aliphatic rings. The molecule has 0 rings (SSSR count). The average Bonchev–Trinajstić information content (AvgIpc) is 2.16. The molecule has 2 heteroatoms. The van der Waals surface area contributed by atoms with Gasteiger partial charge in [-0.05, 0) is 39.8 Å². The first-order chi connectivity index (χ1) is 6.58. The third-order valence-corrected chi connectivity index (χ3v) is 1.84. The monoisotopic (exact) mass is 193 g/mol. The number of hydrogen-bond acceptors (Lipinski definition) is 1. The van der Waals surface area contributed by atoms with Crippen LogP contribution in [0.1, 0.15) is 27.7 Å².